The van der Waals surface area contributed by atoms with Crippen LogP contribution in [0.25, 0.3) is 0 Å². The first kappa shape index (κ1) is 13.3. The van der Waals surface area contributed by atoms with Crippen LogP contribution in [-0.4, -0.2) is 43.6 Å². The normalized spacial score (nSPS) is 32.4. The molecule has 2 N–H and O–H groups in total. The Balaban J connectivity index is 1.78. The molecule has 0 atom stereocenters. The van der Waals surface area contributed by atoms with Crippen molar-refractivity contribution in [2.75, 3.05) is 19.6 Å². The average molecular weight is 262 g/mol. The van der Waals surface area contributed by atoms with Crippen LogP contribution in [0.3, 0.4) is 0 Å². The van der Waals surface area contributed by atoms with Gasteiger partial charge in [-0.25, -0.2) is 4.72 Å². The van der Waals surface area contributed by atoms with E-state index >= 15 is 0 Å². The van der Waals surface area contributed by atoms with Crippen molar-refractivity contribution in [1.29, 1.82) is 0 Å². The molecule has 0 unspecified atom stereocenters. The van der Waals surface area contributed by atoms with Gasteiger partial charge in [0.15, 0.2) is 0 Å². The van der Waals surface area contributed by atoms with E-state index in [9.17, 15) is 8.42 Å². The van der Waals surface area contributed by atoms with Crippen LogP contribution in [0.2, 0.25) is 0 Å². The molecule has 1 aliphatic heterocycles. The molecule has 0 bridgehead atoms. The number of nitrogens with one attached hydrogen (secondary N) is 1. The molecule has 1 saturated carbocycles. The molecule has 0 spiro atoms. The number of hydrogen-bond donors (Lipinski definition) is 2. The van der Waals surface area contributed by atoms with Gasteiger partial charge in [0.25, 0.3) is 10.2 Å². The van der Waals surface area contributed by atoms with Gasteiger partial charge in [-0.05, 0) is 37.5 Å². The quantitative estimate of drug-likeness (QED) is 0.767. The predicted octanol–water partition coefficient (Wildman–Crippen LogP) is 0.324. The van der Waals surface area contributed by atoms with Gasteiger partial charge in [0.2, 0.25) is 0 Å². The molecule has 2 rings (SSSR count). The topological polar surface area (TPSA) is 69.6 Å². The Bertz CT molecular complexity index is 344. The van der Waals surface area contributed by atoms with E-state index in [1.807, 2.05) is 0 Å². The molecule has 0 aromatic rings. The number of aliphatic hydroxyl groups is 1. The van der Waals surface area contributed by atoms with Crippen molar-refractivity contribution in [2.45, 2.75) is 38.7 Å². The largest absolute Gasteiger partial charge is 0.393 e. The fourth-order valence-electron chi connectivity index (χ4n) is 2.41. The second-order valence-corrected chi connectivity index (χ2v) is 7.18. The molecule has 2 aliphatic rings. The Kier molecular flexibility index (Phi) is 4.07. The summed E-state index contributed by atoms with van der Waals surface area (Å²) < 4.78 is 28.1. The van der Waals surface area contributed by atoms with Crippen molar-refractivity contribution in [3.8, 4) is 0 Å². The smallest absolute Gasteiger partial charge is 0.279 e. The van der Waals surface area contributed by atoms with Gasteiger partial charge in [0.05, 0.1) is 6.10 Å². The van der Waals surface area contributed by atoms with Crippen molar-refractivity contribution in [3.63, 3.8) is 0 Å². The molecule has 0 radical (unpaired) electrons. The van der Waals surface area contributed by atoms with Crippen molar-refractivity contribution in [1.82, 2.24) is 9.03 Å². The molecule has 17 heavy (non-hydrogen) atoms. The lowest BCUT2D eigenvalue weighted by atomic mass is 9.83. The van der Waals surface area contributed by atoms with Gasteiger partial charge in [-0.15, -0.1) is 0 Å². The average Bonchev–Trinajstić information content (AvgIpc) is 2.23. The van der Waals surface area contributed by atoms with Crippen LogP contribution in [-0.2, 0) is 10.2 Å². The highest BCUT2D eigenvalue weighted by molar-refractivity contribution is 7.87. The summed E-state index contributed by atoms with van der Waals surface area (Å²) in [7, 11) is -3.29. The van der Waals surface area contributed by atoms with E-state index in [1.54, 1.807) is 4.31 Å². The molecule has 1 saturated heterocycles. The van der Waals surface area contributed by atoms with Gasteiger partial charge in [-0.3, -0.25) is 0 Å². The second kappa shape index (κ2) is 5.22. The Labute approximate surface area is 103 Å². The lowest BCUT2D eigenvalue weighted by Crippen LogP contribution is -2.47. The highest BCUT2D eigenvalue weighted by Gasteiger charge is 2.30. The van der Waals surface area contributed by atoms with Crippen molar-refractivity contribution < 1.29 is 13.5 Å². The molecule has 0 aromatic carbocycles. The van der Waals surface area contributed by atoms with Gasteiger partial charge >= 0.3 is 0 Å². The summed E-state index contributed by atoms with van der Waals surface area (Å²) in [6.45, 7) is 3.88. The Morgan fingerprint density at radius 3 is 2.41 bits per heavy atom. The van der Waals surface area contributed by atoms with Crippen molar-refractivity contribution in [3.05, 3.63) is 0 Å². The third kappa shape index (κ3) is 3.40. The van der Waals surface area contributed by atoms with Crippen molar-refractivity contribution in [2.24, 2.45) is 11.8 Å². The van der Waals surface area contributed by atoms with Gasteiger partial charge in [-0.2, -0.15) is 12.7 Å². The van der Waals surface area contributed by atoms with E-state index in [0.29, 0.717) is 31.5 Å². The van der Waals surface area contributed by atoms with E-state index in [0.717, 1.165) is 25.7 Å². The van der Waals surface area contributed by atoms with Crippen LogP contribution in [0.1, 0.15) is 32.6 Å². The monoisotopic (exact) mass is 262 g/mol. The zero-order valence-corrected chi connectivity index (χ0v) is 11.1. The van der Waals surface area contributed by atoms with E-state index in [-0.39, 0.29) is 6.10 Å². The SMILES string of the molecule is CC1CCN(S(=O)(=O)NCC2CC(O)C2)CC1. The Morgan fingerprint density at radius 1 is 1.29 bits per heavy atom. The predicted molar refractivity (Wildman–Crippen MR) is 65.6 cm³/mol. The fraction of sp³-hybridized carbons (Fsp3) is 1.00. The van der Waals surface area contributed by atoms with E-state index in [1.165, 1.54) is 0 Å². The fourth-order valence-corrected chi connectivity index (χ4v) is 3.73. The zero-order chi connectivity index (χ0) is 12.5. The standard InChI is InChI=1S/C11H22N2O3S/c1-9-2-4-13(5-3-9)17(15,16)12-8-10-6-11(14)7-10/h9-12,14H,2-8H2,1H3. The minimum Gasteiger partial charge on any atom is -0.393 e. The molecule has 100 valence electrons. The van der Waals surface area contributed by atoms with Crippen LogP contribution < -0.4 is 4.72 Å². The van der Waals surface area contributed by atoms with Crippen LogP contribution in [0.5, 0.6) is 0 Å². The highest BCUT2D eigenvalue weighted by Crippen LogP contribution is 2.26. The summed E-state index contributed by atoms with van der Waals surface area (Å²) >= 11 is 0. The van der Waals surface area contributed by atoms with Crippen LogP contribution in [0.15, 0.2) is 0 Å². The van der Waals surface area contributed by atoms with E-state index in [4.69, 9.17) is 5.11 Å². The first-order chi connectivity index (χ1) is 7.97. The number of hydrogen-bond acceptors (Lipinski definition) is 3. The highest BCUT2D eigenvalue weighted by atomic mass is 32.2. The summed E-state index contributed by atoms with van der Waals surface area (Å²) in [5, 5.41) is 9.14. The van der Waals surface area contributed by atoms with Crippen molar-refractivity contribution >= 4 is 10.2 Å². The van der Waals surface area contributed by atoms with Crippen LogP contribution in [0.4, 0.5) is 0 Å². The van der Waals surface area contributed by atoms with Crippen LogP contribution in [0, 0.1) is 11.8 Å². The Hall–Kier alpha value is -0.170. The first-order valence-electron chi connectivity index (χ1n) is 6.40. The summed E-state index contributed by atoms with van der Waals surface area (Å²) in [5.74, 6) is 0.937. The molecule has 0 amide bonds. The number of nitrogens with zero attached hydrogens (tertiary/aromatic N) is 1. The molecular formula is C11H22N2O3S. The summed E-state index contributed by atoms with van der Waals surface area (Å²) in [4.78, 5) is 0. The van der Waals surface area contributed by atoms with Gasteiger partial charge < -0.3 is 5.11 Å². The maximum absolute atomic E-state index is 12.0. The van der Waals surface area contributed by atoms with E-state index in [2.05, 4.69) is 11.6 Å². The van der Waals surface area contributed by atoms with Gasteiger partial charge in [0.1, 0.15) is 0 Å². The van der Waals surface area contributed by atoms with Gasteiger partial charge in [0, 0.05) is 19.6 Å². The molecule has 0 aromatic heterocycles. The summed E-state index contributed by atoms with van der Waals surface area (Å²) in [6.07, 6.45) is 3.12. The van der Waals surface area contributed by atoms with Crippen LogP contribution >= 0.6 is 0 Å². The molecule has 1 heterocycles. The zero-order valence-electron chi connectivity index (χ0n) is 10.3. The molecule has 6 heteroatoms. The lowest BCUT2D eigenvalue weighted by molar-refractivity contribution is 0.0451. The number of aliphatic hydroxyl groups excluding tert-OH is 1. The maximum Gasteiger partial charge on any atom is 0.279 e. The summed E-state index contributed by atoms with van der Waals surface area (Å²) in [6, 6.07) is 0. The Morgan fingerprint density at radius 2 is 1.88 bits per heavy atom. The minimum atomic E-state index is -3.29. The molecule has 1 aliphatic carbocycles. The first-order valence-corrected chi connectivity index (χ1v) is 7.84. The minimum absolute atomic E-state index is 0.222. The van der Waals surface area contributed by atoms with Gasteiger partial charge in [-0.1, -0.05) is 6.92 Å². The third-order valence-corrected chi connectivity index (χ3v) is 5.42. The number of rotatable bonds is 4. The second-order valence-electron chi connectivity index (χ2n) is 5.43. The maximum atomic E-state index is 12.0. The molecule has 2 fully saturated rings. The lowest BCUT2D eigenvalue weighted by Gasteiger charge is -2.33. The number of piperidine rings is 1. The molecular weight excluding hydrogens is 240 g/mol. The third-order valence-electron chi connectivity index (χ3n) is 3.85. The summed E-state index contributed by atoms with van der Waals surface area (Å²) in [5.41, 5.74) is 0. The van der Waals surface area contributed by atoms with E-state index < -0.39 is 10.2 Å². The molecule has 5 nitrogen and oxygen atoms in total.